The zero-order valence-corrected chi connectivity index (χ0v) is 4.89. The molecule has 10 heavy (non-hydrogen) atoms. The highest BCUT2D eigenvalue weighted by atomic mass is 19.3. The molecular formula is C5H4F2O3. The summed E-state index contributed by atoms with van der Waals surface area (Å²) in [6.07, 6.45) is -1.97. The molecule has 3 nitrogen and oxygen atoms in total. The largest absolute Gasteiger partial charge is 0.393 e. The van der Waals surface area contributed by atoms with Crippen molar-refractivity contribution in [1.82, 2.24) is 0 Å². The molecule has 1 aliphatic rings. The second kappa shape index (κ2) is 2.00. The fourth-order valence-corrected chi connectivity index (χ4v) is 0.684. The number of cyclic esters (lactones) is 2. The lowest BCUT2D eigenvalue weighted by Crippen LogP contribution is -2.33. The average molecular weight is 150 g/mol. The number of alkyl halides is 2. The molecule has 1 aliphatic heterocycles. The van der Waals surface area contributed by atoms with Crippen molar-refractivity contribution in [2.24, 2.45) is 0 Å². The number of hydrogen-bond donors (Lipinski definition) is 0. The molecular weight excluding hydrogens is 146 g/mol. The normalized spacial score (nSPS) is 24.2. The summed E-state index contributed by atoms with van der Waals surface area (Å²) < 4.78 is 28.2. The Balaban J connectivity index is 2.68. The van der Waals surface area contributed by atoms with Gasteiger partial charge in [-0.3, -0.25) is 9.59 Å². The summed E-state index contributed by atoms with van der Waals surface area (Å²) in [4.78, 5) is 20.3. The van der Waals surface area contributed by atoms with Crippen LogP contribution in [0.2, 0.25) is 0 Å². The first-order valence-electron chi connectivity index (χ1n) is 2.61. The van der Waals surface area contributed by atoms with Crippen LogP contribution in [0.25, 0.3) is 0 Å². The van der Waals surface area contributed by atoms with Crippen LogP contribution < -0.4 is 0 Å². The summed E-state index contributed by atoms with van der Waals surface area (Å²) in [5.74, 6) is -5.51. The number of hydrogen-bond acceptors (Lipinski definition) is 3. The van der Waals surface area contributed by atoms with Gasteiger partial charge < -0.3 is 4.74 Å². The van der Waals surface area contributed by atoms with Crippen molar-refractivity contribution in [2.45, 2.75) is 18.8 Å². The molecule has 56 valence electrons. The fourth-order valence-electron chi connectivity index (χ4n) is 0.684. The van der Waals surface area contributed by atoms with Crippen molar-refractivity contribution < 1.29 is 23.1 Å². The molecule has 1 rings (SSSR count). The highest BCUT2D eigenvalue weighted by molar-refractivity contribution is 5.89. The smallest absolute Gasteiger partial charge is 0.319 e. The summed E-state index contributed by atoms with van der Waals surface area (Å²) in [6.45, 7) is 0. The van der Waals surface area contributed by atoms with E-state index in [-0.39, 0.29) is 0 Å². The Hall–Kier alpha value is -1.00. The first-order valence-corrected chi connectivity index (χ1v) is 2.61. The minimum Gasteiger partial charge on any atom is -0.393 e. The van der Waals surface area contributed by atoms with E-state index >= 15 is 0 Å². The van der Waals surface area contributed by atoms with Gasteiger partial charge in [0.25, 0.3) is 5.92 Å². The van der Waals surface area contributed by atoms with Crippen molar-refractivity contribution in [2.75, 3.05) is 0 Å². The van der Waals surface area contributed by atoms with Crippen LogP contribution in [0.15, 0.2) is 0 Å². The first kappa shape index (κ1) is 7.11. The van der Waals surface area contributed by atoms with Crippen LogP contribution in [0.3, 0.4) is 0 Å². The van der Waals surface area contributed by atoms with Crippen molar-refractivity contribution in [3.63, 3.8) is 0 Å². The van der Waals surface area contributed by atoms with Gasteiger partial charge in [0.15, 0.2) is 0 Å². The molecule has 0 radical (unpaired) electrons. The molecule has 0 aromatic heterocycles. The highest BCUT2D eigenvalue weighted by Crippen LogP contribution is 2.27. The zero-order valence-electron chi connectivity index (χ0n) is 4.89. The van der Waals surface area contributed by atoms with E-state index in [4.69, 9.17) is 0 Å². The highest BCUT2D eigenvalue weighted by Gasteiger charge is 2.41. The maximum absolute atomic E-state index is 12.2. The molecule has 0 atom stereocenters. The summed E-state index contributed by atoms with van der Waals surface area (Å²) >= 11 is 0. The van der Waals surface area contributed by atoms with Crippen molar-refractivity contribution in [1.29, 1.82) is 0 Å². The minimum absolute atomic E-state index is 0.987. The molecule has 1 fully saturated rings. The molecule has 1 saturated heterocycles. The average Bonchev–Trinajstić information content (AvgIpc) is 1.54. The van der Waals surface area contributed by atoms with E-state index in [9.17, 15) is 18.4 Å². The van der Waals surface area contributed by atoms with Gasteiger partial charge in [-0.1, -0.05) is 0 Å². The number of ether oxygens (including phenoxy) is 1. The summed E-state index contributed by atoms with van der Waals surface area (Å²) in [5.41, 5.74) is 0. The number of carbonyl (C=O) groups excluding carboxylic acids is 2. The second-order valence-electron chi connectivity index (χ2n) is 2.06. The van der Waals surface area contributed by atoms with E-state index < -0.39 is 30.7 Å². The molecule has 0 spiro atoms. The Morgan fingerprint density at radius 1 is 1.20 bits per heavy atom. The summed E-state index contributed by atoms with van der Waals surface area (Å²) in [6, 6.07) is 0. The Morgan fingerprint density at radius 3 is 1.90 bits per heavy atom. The van der Waals surface area contributed by atoms with E-state index in [1.165, 1.54) is 0 Å². The molecule has 0 unspecified atom stereocenters. The molecule has 0 saturated carbocycles. The van der Waals surface area contributed by atoms with Crippen LogP contribution in [-0.2, 0) is 14.3 Å². The van der Waals surface area contributed by atoms with Gasteiger partial charge in [0.1, 0.15) is 12.8 Å². The second-order valence-corrected chi connectivity index (χ2v) is 2.06. The standard InChI is InChI=1S/C5H4F2O3/c6-5(7)1-3(8)10-4(9)2-5/h1-2H2. The van der Waals surface area contributed by atoms with E-state index in [0.29, 0.717) is 0 Å². The zero-order chi connectivity index (χ0) is 7.78. The van der Waals surface area contributed by atoms with Gasteiger partial charge >= 0.3 is 11.9 Å². The number of halogens is 2. The van der Waals surface area contributed by atoms with Gasteiger partial charge in [-0.05, 0) is 0 Å². The van der Waals surface area contributed by atoms with E-state index in [1.54, 1.807) is 0 Å². The van der Waals surface area contributed by atoms with Gasteiger partial charge in [0.05, 0.1) is 0 Å². The van der Waals surface area contributed by atoms with Crippen molar-refractivity contribution in [3.05, 3.63) is 0 Å². The lowest BCUT2D eigenvalue weighted by atomic mass is 10.1. The summed E-state index contributed by atoms with van der Waals surface area (Å²) in [7, 11) is 0. The molecule has 0 aromatic rings. The van der Waals surface area contributed by atoms with Crippen LogP contribution >= 0.6 is 0 Å². The lowest BCUT2D eigenvalue weighted by Gasteiger charge is -2.18. The number of esters is 2. The lowest BCUT2D eigenvalue weighted by molar-refractivity contribution is -0.178. The molecule has 1 heterocycles. The maximum Gasteiger partial charge on any atom is 0.319 e. The van der Waals surface area contributed by atoms with Crippen LogP contribution in [-0.4, -0.2) is 17.9 Å². The Bertz CT molecular complexity index is 169. The third kappa shape index (κ3) is 1.49. The first-order chi connectivity index (χ1) is 4.49. The molecule has 0 aromatic carbocycles. The topological polar surface area (TPSA) is 43.4 Å². The van der Waals surface area contributed by atoms with E-state index in [0.717, 1.165) is 0 Å². The third-order valence-corrected chi connectivity index (χ3v) is 1.03. The van der Waals surface area contributed by atoms with Gasteiger partial charge in [0, 0.05) is 0 Å². The van der Waals surface area contributed by atoms with Crippen molar-refractivity contribution >= 4 is 11.9 Å². The van der Waals surface area contributed by atoms with Gasteiger partial charge in [0.2, 0.25) is 0 Å². The molecule has 0 aliphatic carbocycles. The van der Waals surface area contributed by atoms with Crippen LogP contribution in [0.1, 0.15) is 12.8 Å². The predicted octanol–water partition coefficient (Wildman–Crippen LogP) is 0.485. The van der Waals surface area contributed by atoms with Crippen LogP contribution in [0, 0.1) is 0 Å². The third-order valence-electron chi connectivity index (χ3n) is 1.03. The Labute approximate surface area is 55.0 Å². The predicted molar refractivity (Wildman–Crippen MR) is 25.3 cm³/mol. The maximum atomic E-state index is 12.2. The molecule has 5 heteroatoms. The molecule has 0 N–H and O–H groups in total. The van der Waals surface area contributed by atoms with Crippen LogP contribution in [0.5, 0.6) is 0 Å². The van der Waals surface area contributed by atoms with Gasteiger partial charge in [-0.2, -0.15) is 0 Å². The Morgan fingerprint density at radius 2 is 1.60 bits per heavy atom. The molecule has 0 bridgehead atoms. The number of carbonyl (C=O) groups is 2. The van der Waals surface area contributed by atoms with Crippen molar-refractivity contribution in [3.8, 4) is 0 Å². The summed E-state index contributed by atoms with van der Waals surface area (Å²) in [5, 5.41) is 0. The van der Waals surface area contributed by atoms with E-state index in [1.807, 2.05) is 0 Å². The van der Waals surface area contributed by atoms with Crippen LogP contribution in [0.4, 0.5) is 8.78 Å². The monoisotopic (exact) mass is 150 g/mol. The Kier molecular flexibility index (Phi) is 1.42. The van der Waals surface area contributed by atoms with Gasteiger partial charge in [-0.15, -0.1) is 0 Å². The van der Waals surface area contributed by atoms with Gasteiger partial charge in [-0.25, -0.2) is 8.78 Å². The SMILES string of the molecule is O=C1CC(F)(F)CC(=O)O1. The van der Waals surface area contributed by atoms with E-state index in [2.05, 4.69) is 4.74 Å². The quantitative estimate of drug-likeness (QED) is 0.372. The molecule has 0 amide bonds. The fraction of sp³-hybridized carbons (Fsp3) is 0.600. The number of rotatable bonds is 0. The minimum atomic E-state index is -3.20.